The van der Waals surface area contributed by atoms with Crippen LogP contribution < -0.4 is 5.32 Å². The molecule has 19 heavy (non-hydrogen) atoms. The molecule has 0 bridgehead atoms. The van der Waals surface area contributed by atoms with Gasteiger partial charge in [-0.2, -0.15) is 0 Å². The van der Waals surface area contributed by atoms with Gasteiger partial charge in [0.2, 0.25) is 0 Å². The highest BCUT2D eigenvalue weighted by atomic mass is 16.3. The molecule has 1 aromatic rings. The van der Waals surface area contributed by atoms with E-state index >= 15 is 0 Å². The third-order valence-corrected chi connectivity index (χ3v) is 2.65. The van der Waals surface area contributed by atoms with Crippen molar-refractivity contribution in [1.29, 1.82) is 0 Å². The molecule has 0 saturated carbocycles. The van der Waals surface area contributed by atoms with Gasteiger partial charge in [-0.15, -0.1) is 0 Å². The summed E-state index contributed by atoms with van der Waals surface area (Å²) in [4.78, 5) is 35.2. The van der Waals surface area contributed by atoms with E-state index in [1.165, 1.54) is 36.4 Å². The molecule has 98 valence electrons. The van der Waals surface area contributed by atoms with Crippen LogP contribution in [0.3, 0.4) is 0 Å². The maximum atomic E-state index is 11.7. The molecule has 1 aliphatic rings. The predicted octanol–water partition coefficient (Wildman–Crippen LogP) is 0.0470. The lowest BCUT2D eigenvalue weighted by Crippen LogP contribution is -2.38. The average molecular weight is 260 g/mol. The summed E-state index contributed by atoms with van der Waals surface area (Å²) in [7, 11) is 0. The highest BCUT2D eigenvalue weighted by Gasteiger charge is 2.22. The summed E-state index contributed by atoms with van der Waals surface area (Å²) in [5, 5.41) is 11.7. The van der Waals surface area contributed by atoms with Crippen LogP contribution in [0.2, 0.25) is 0 Å². The molecule has 6 heteroatoms. The molecule has 0 aliphatic carbocycles. The van der Waals surface area contributed by atoms with E-state index < -0.39 is 0 Å². The summed E-state index contributed by atoms with van der Waals surface area (Å²) in [5.74, 6) is -0.990. The van der Waals surface area contributed by atoms with Gasteiger partial charge >= 0.3 is 0 Å². The van der Waals surface area contributed by atoms with Crippen molar-refractivity contribution in [1.82, 2.24) is 10.2 Å². The minimum absolute atomic E-state index is 0.0795. The second kappa shape index (κ2) is 5.34. The Morgan fingerprint density at radius 1 is 1.11 bits per heavy atom. The molecule has 6 nitrogen and oxygen atoms in total. The van der Waals surface area contributed by atoms with E-state index in [0.717, 1.165) is 4.90 Å². The first-order valence-electron chi connectivity index (χ1n) is 5.69. The van der Waals surface area contributed by atoms with Gasteiger partial charge in [-0.05, 0) is 24.3 Å². The van der Waals surface area contributed by atoms with Crippen LogP contribution in [0.15, 0.2) is 36.4 Å². The highest BCUT2D eigenvalue weighted by molar-refractivity contribution is 6.12. The molecule has 0 radical (unpaired) electrons. The van der Waals surface area contributed by atoms with Gasteiger partial charge < -0.3 is 10.4 Å². The Kier molecular flexibility index (Phi) is 3.61. The van der Waals surface area contributed by atoms with E-state index in [4.69, 9.17) is 5.11 Å². The second-order valence-electron chi connectivity index (χ2n) is 3.96. The largest absolute Gasteiger partial charge is 0.508 e. The molecule has 2 rings (SSSR count). The Balaban J connectivity index is 1.83. The van der Waals surface area contributed by atoms with E-state index in [-0.39, 0.29) is 36.6 Å². The van der Waals surface area contributed by atoms with Gasteiger partial charge in [-0.3, -0.25) is 19.3 Å². The summed E-state index contributed by atoms with van der Waals surface area (Å²) in [5.41, 5.74) is 0.398. The van der Waals surface area contributed by atoms with Crippen molar-refractivity contribution in [2.24, 2.45) is 0 Å². The first-order valence-corrected chi connectivity index (χ1v) is 5.69. The molecular weight excluding hydrogens is 248 g/mol. The van der Waals surface area contributed by atoms with Crippen LogP contribution in [-0.2, 0) is 9.59 Å². The van der Waals surface area contributed by atoms with Crippen molar-refractivity contribution in [2.45, 2.75) is 0 Å². The average Bonchev–Trinajstić information content (AvgIpc) is 2.71. The Hall–Kier alpha value is -2.63. The molecule has 0 atom stereocenters. The predicted molar refractivity (Wildman–Crippen MR) is 66.3 cm³/mol. The third kappa shape index (κ3) is 2.98. The van der Waals surface area contributed by atoms with Crippen LogP contribution in [0.4, 0.5) is 0 Å². The Morgan fingerprint density at radius 3 is 2.26 bits per heavy atom. The number of hydrogen-bond donors (Lipinski definition) is 2. The molecule has 0 unspecified atom stereocenters. The maximum absolute atomic E-state index is 11.7. The number of phenolic OH excluding ortho intramolecular Hbond substituents is 1. The number of carbonyl (C=O) groups is 3. The van der Waals surface area contributed by atoms with Crippen molar-refractivity contribution in [3.63, 3.8) is 0 Å². The summed E-state index contributed by atoms with van der Waals surface area (Å²) in [6, 6.07) is 5.79. The number of hydrogen-bond acceptors (Lipinski definition) is 4. The van der Waals surface area contributed by atoms with Crippen LogP contribution in [0.25, 0.3) is 0 Å². The third-order valence-electron chi connectivity index (χ3n) is 2.65. The molecule has 0 aromatic heterocycles. The molecule has 1 aromatic carbocycles. The van der Waals surface area contributed by atoms with Gasteiger partial charge in [0.25, 0.3) is 17.7 Å². The fourth-order valence-corrected chi connectivity index (χ4v) is 1.65. The number of rotatable bonds is 4. The molecule has 0 spiro atoms. The van der Waals surface area contributed by atoms with E-state index in [0.29, 0.717) is 5.56 Å². The Labute approximate surface area is 109 Å². The summed E-state index contributed by atoms with van der Waals surface area (Å²) in [6.07, 6.45) is 2.40. The normalized spacial score (nSPS) is 14.0. The van der Waals surface area contributed by atoms with Gasteiger partial charge in [-0.1, -0.05) is 0 Å². The number of imide groups is 1. The topological polar surface area (TPSA) is 86.7 Å². The molecule has 0 saturated heterocycles. The van der Waals surface area contributed by atoms with Crippen LogP contribution in [0.5, 0.6) is 5.75 Å². The summed E-state index contributed by atoms with van der Waals surface area (Å²) in [6.45, 7) is 0.313. The molecule has 1 heterocycles. The van der Waals surface area contributed by atoms with E-state index in [1.807, 2.05) is 0 Å². The number of aromatic hydroxyl groups is 1. The lowest BCUT2D eigenvalue weighted by atomic mass is 10.2. The van der Waals surface area contributed by atoms with Gasteiger partial charge in [0, 0.05) is 30.8 Å². The minimum Gasteiger partial charge on any atom is -0.508 e. The molecule has 3 amide bonds. The number of amides is 3. The SMILES string of the molecule is O=C(NCCN1C(=O)C=CC1=O)c1ccc(O)cc1. The number of nitrogens with zero attached hydrogens (tertiary/aromatic N) is 1. The van der Waals surface area contributed by atoms with E-state index in [1.54, 1.807) is 0 Å². The van der Waals surface area contributed by atoms with Gasteiger partial charge in [0.05, 0.1) is 0 Å². The lowest BCUT2D eigenvalue weighted by Gasteiger charge is -2.13. The summed E-state index contributed by atoms with van der Waals surface area (Å²) >= 11 is 0. The first kappa shape index (κ1) is 12.8. The van der Waals surface area contributed by atoms with E-state index in [9.17, 15) is 14.4 Å². The fourth-order valence-electron chi connectivity index (χ4n) is 1.65. The number of carbonyl (C=O) groups excluding carboxylic acids is 3. The standard InChI is InChI=1S/C13H12N2O4/c16-10-3-1-9(2-4-10)13(19)14-7-8-15-11(17)5-6-12(15)18/h1-6,16H,7-8H2,(H,14,19). The number of benzene rings is 1. The molecular formula is C13H12N2O4. The van der Waals surface area contributed by atoms with Crippen molar-refractivity contribution < 1.29 is 19.5 Å². The Bertz CT molecular complexity index is 530. The van der Waals surface area contributed by atoms with Crippen LogP contribution in [-0.4, -0.2) is 40.8 Å². The maximum Gasteiger partial charge on any atom is 0.253 e. The van der Waals surface area contributed by atoms with Gasteiger partial charge in [0.15, 0.2) is 0 Å². The lowest BCUT2D eigenvalue weighted by molar-refractivity contribution is -0.136. The molecule has 1 aliphatic heterocycles. The van der Waals surface area contributed by atoms with Gasteiger partial charge in [-0.25, -0.2) is 0 Å². The zero-order chi connectivity index (χ0) is 13.8. The highest BCUT2D eigenvalue weighted by Crippen LogP contribution is 2.09. The van der Waals surface area contributed by atoms with Crippen molar-refractivity contribution in [3.05, 3.63) is 42.0 Å². The van der Waals surface area contributed by atoms with Gasteiger partial charge in [0.1, 0.15) is 5.75 Å². The van der Waals surface area contributed by atoms with E-state index in [2.05, 4.69) is 5.32 Å². The van der Waals surface area contributed by atoms with Crippen molar-refractivity contribution >= 4 is 17.7 Å². The second-order valence-corrected chi connectivity index (χ2v) is 3.96. The van der Waals surface area contributed by atoms with Crippen LogP contribution >= 0.6 is 0 Å². The fraction of sp³-hybridized carbons (Fsp3) is 0.154. The minimum atomic E-state index is -0.371. The zero-order valence-corrected chi connectivity index (χ0v) is 10.00. The molecule has 0 fully saturated rings. The Morgan fingerprint density at radius 2 is 1.68 bits per heavy atom. The van der Waals surface area contributed by atoms with Crippen LogP contribution in [0.1, 0.15) is 10.4 Å². The monoisotopic (exact) mass is 260 g/mol. The summed E-state index contributed by atoms with van der Waals surface area (Å²) < 4.78 is 0. The number of phenols is 1. The smallest absolute Gasteiger partial charge is 0.253 e. The first-order chi connectivity index (χ1) is 9.08. The zero-order valence-electron chi connectivity index (χ0n) is 10.00. The van der Waals surface area contributed by atoms with Crippen molar-refractivity contribution in [2.75, 3.05) is 13.1 Å². The van der Waals surface area contributed by atoms with Crippen molar-refractivity contribution in [3.8, 4) is 5.75 Å². The molecule has 2 N–H and O–H groups in total. The quantitative estimate of drug-likeness (QED) is 0.749. The number of nitrogens with one attached hydrogen (secondary N) is 1. The van der Waals surface area contributed by atoms with Crippen LogP contribution in [0, 0.1) is 0 Å².